The summed E-state index contributed by atoms with van der Waals surface area (Å²) in [5, 5.41) is 3.89. The van der Waals surface area contributed by atoms with Crippen molar-refractivity contribution >= 4 is 5.91 Å². The Morgan fingerprint density at radius 3 is 2.38 bits per heavy atom. The number of amides is 1. The topological polar surface area (TPSA) is 49.6 Å². The lowest BCUT2D eigenvalue weighted by molar-refractivity contribution is -0.129. The van der Waals surface area contributed by atoms with Crippen molar-refractivity contribution in [2.45, 2.75) is 20.4 Å². The van der Waals surface area contributed by atoms with Crippen molar-refractivity contribution in [1.29, 1.82) is 0 Å². The highest BCUT2D eigenvalue weighted by Crippen LogP contribution is 2.13. The van der Waals surface area contributed by atoms with Gasteiger partial charge in [0.15, 0.2) is 0 Å². The lowest BCUT2D eigenvalue weighted by atomic mass is 10.2. The second kappa shape index (κ2) is 5.12. The third-order valence-corrected chi connectivity index (χ3v) is 2.51. The molecule has 0 aliphatic heterocycles. The lowest BCUT2D eigenvalue weighted by Crippen LogP contribution is -2.34. The second-order valence-electron chi connectivity index (χ2n) is 4.26. The average Bonchev–Trinajstić information content (AvgIpc) is 2.49. The molecule has 1 aromatic rings. The van der Waals surface area contributed by atoms with Gasteiger partial charge >= 0.3 is 0 Å². The predicted octanol–water partition coefficient (Wildman–Crippen LogP) is 0.811. The van der Waals surface area contributed by atoms with Crippen molar-refractivity contribution in [3.63, 3.8) is 0 Å². The molecule has 0 unspecified atom stereocenters. The maximum absolute atomic E-state index is 11.5. The monoisotopic (exact) mass is 225 g/mol. The van der Waals surface area contributed by atoms with Gasteiger partial charge in [-0.2, -0.15) is 0 Å². The zero-order valence-electron chi connectivity index (χ0n) is 10.6. The minimum absolute atomic E-state index is 0.0919. The van der Waals surface area contributed by atoms with Gasteiger partial charge in [0.1, 0.15) is 5.76 Å². The van der Waals surface area contributed by atoms with Crippen molar-refractivity contribution in [1.82, 2.24) is 15.0 Å². The van der Waals surface area contributed by atoms with Crippen LogP contribution in [0.4, 0.5) is 0 Å². The number of nitrogens with zero attached hydrogens (tertiary/aromatic N) is 3. The van der Waals surface area contributed by atoms with Crippen LogP contribution in [-0.4, -0.2) is 48.6 Å². The summed E-state index contributed by atoms with van der Waals surface area (Å²) >= 11 is 0. The van der Waals surface area contributed by atoms with Gasteiger partial charge in [-0.05, 0) is 20.9 Å². The molecule has 0 spiro atoms. The highest BCUT2D eigenvalue weighted by atomic mass is 16.5. The molecule has 0 radical (unpaired) electrons. The molecule has 0 aromatic carbocycles. The minimum Gasteiger partial charge on any atom is -0.361 e. The molecular weight excluding hydrogens is 206 g/mol. The number of aryl methyl sites for hydroxylation is 2. The van der Waals surface area contributed by atoms with E-state index in [9.17, 15) is 4.79 Å². The highest BCUT2D eigenvalue weighted by molar-refractivity contribution is 5.77. The van der Waals surface area contributed by atoms with Gasteiger partial charge in [-0.15, -0.1) is 0 Å². The molecule has 0 saturated heterocycles. The predicted molar refractivity (Wildman–Crippen MR) is 61.0 cm³/mol. The molecule has 0 aliphatic carbocycles. The van der Waals surface area contributed by atoms with E-state index >= 15 is 0 Å². The number of carbonyl (C=O) groups excluding carboxylic acids is 1. The van der Waals surface area contributed by atoms with Gasteiger partial charge in [0, 0.05) is 26.2 Å². The average molecular weight is 225 g/mol. The fourth-order valence-electron chi connectivity index (χ4n) is 1.43. The van der Waals surface area contributed by atoms with Crippen LogP contribution >= 0.6 is 0 Å². The van der Waals surface area contributed by atoms with E-state index in [1.54, 1.807) is 19.0 Å². The molecule has 1 amide bonds. The molecule has 0 N–H and O–H groups in total. The van der Waals surface area contributed by atoms with E-state index in [-0.39, 0.29) is 5.91 Å². The van der Waals surface area contributed by atoms with Crippen molar-refractivity contribution in [3.05, 3.63) is 17.0 Å². The zero-order valence-corrected chi connectivity index (χ0v) is 10.6. The molecule has 0 atom stereocenters. The van der Waals surface area contributed by atoms with Crippen LogP contribution < -0.4 is 0 Å². The molecule has 0 aliphatic rings. The van der Waals surface area contributed by atoms with Gasteiger partial charge in [-0.3, -0.25) is 9.69 Å². The van der Waals surface area contributed by atoms with Crippen LogP contribution in [0.3, 0.4) is 0 Å². The van der Waals surface area contributed by atoms with E-state index < -0.39 is 0 Å². The number of carbonyl (C=O) groups is 1. The van der Waals surface area contributed by atoms with E-state index in [4.69, 9.17) is 4.52 Å². The van der Waals surface area contributed by atoms with Crippen molar-refractivity contribution in [2.24, 2.45) is 0 Å². The Hall–Kier alpha value is -1.36. The Balaban J connectivity index is 2.58. The first kappa shape index (κ1) is 12.7. The smallest absolute Gasteiger partial charge is 0.236 e. The Morgan fingerprint density at radius 1 is 1.31 bits per heavy atom. The SMILES string of the molecule is Cc1noc(C)c1CN(C)CC(=O)N(C)C. The van der Waals surface area contributed by atoms with Gasteiger partial charge in [0.25, 0.3) is 0 Å². The number of aromatic nitrogens is 1. The molecule has 0 bridgehead atoms. The first-order valence-corrected chi connectivity index (χ1v) is 5.22. The van der Waals surface area contributed by atoms with Gasteiger partial charge in [-0.1, -0.05) is 5.16 Å². The van der Waals surface area contributed by atoms with E-state index in [0.717, 1.165) is 17.0 Å². The molecule has 1 heterocycles. The van der Waals surface area contributed by atoms with Crippen LogP contribution in [0.15, 0.2) is 4.52 Å². The van der Waals surface area contributed by atoms with Gasteiger partial charge in [0.2, 0.25) is 5.91 Å². The third kappa shape index (κ3) is 3.06. The number of hydrogen-bond acceptors (Lipinski definition) is 4. The van der Waals surface area contributed by atoms with Gasteiger partial charge in [0.05, 0.1) is 12.2 Å². The van der Waals surface area contributed by atoms with Crippen molar-refractivity contribution in [3.8, 4) is 0 Å². The van der Waals surface area contributed by atoms with Crippen LogP contribution in [0.2, 0.25) is 0 Å². The van der Waals surface area contributed by atoms with Crippen molar-refractivity contribution < 1.29 is 9.32 Å². The van der Waals surface area contributed by atoms with Gasteiger partial charge in [-0.25, -0.2) is 0 Å². The van der Waals surface area contributed by atoms with Crippen LogP contribution in [0.25, 0.3) is 0 Å². The van der Waals surface area contributed by atoms with Crippen LogP contribution in [0, 0.1) is 13.8 Å². The second-order valence-corrected chi connectivity index (χ2v) is 4.26. The third-order valence-electron chi connectivity index (χ3n) is 2.51. The normalized spacial score (nSPS) is 10.9. The maximum atomic E-state index is 11.5. The molecular formula is C11H19N3O2. The van der Waals surface area contributed by atoms with Crippen LogP contribution in [-0.2, 0) is 11.3 Å². The number of hydrogen-bond donors (Lipinski definition) is 0. The molecule has 0 saturated carbocycles. The van der Waals surface area contributed by atoms with E-state index in [2.05, 4.69) is 5.16 Å². The largest absolute Gasteiger partial charge is 0.361 e. The highest BCUT2D eigenvalue weighted by Gasteiger charge is 2.14. The minimum atomic E-state index is 0.0919. The van der Waals surface area contributed by atoms with E-state index in [1.807, 2.05) is 25.8 Å². The quantitative estimate of drug-likeness (QED) is 0.761. The molecule has 0 fully saturated rings. The zero-order chi connectivity index (χ0) is 12.3. The first-order valence-electron chi connectivity index (χ1n) is 5.22. The summed E-state index contributed by atoms with van der Waals surface area (Å²) in [6, 6.07) is 0. The van der Waals surface area contributed by atoms with E-state index in [1.165, 1.54) is 0 Å². The fraction of sp³-hybridized carbons (Fsp3) is 0.636. The number of likely N-dealkylation sites (N-methyl/N-ethyl adjacent to an activating group) is 2. The summed E-state index contributed by atoms with van der Waals surface area (Å²) in [6.07, 6.45) is 0. The standard InChI is InChI=1S/C11H19N3O2/c1-8-10(9(2)16-12-8)6-14(5)7-11(15)13(3)4/h6-7H2,1-5H3. The summed E-state index contributed by atoms with van der Waals surface area (Å²) in [6.45, 7) is 4.88. The molecule has 1 rings (SSSR count). The Morgan fingerprint density at radius 2 is 1.94 bits per heavy atom. The van der Waals surface area contributed by atoms with Crippen LogP contribution in [0.5, 0.6) is 0 Å². The molecule has 16 heavy (non-hydrogen) atoms. The Bertz CT molecular complexity index is 352. The summed E-state index contributed by atoms with van der Waals surface area (Å²) < 4.78 is 5.08. The summed E-state index contributed by atoms with van der Waals surface area (Å²) in [4.78, 5) is 15.0. The number of rotatable bonds is 4. The van der Waals surface area contributed by atoms with Crippen LogP contribution in [0.1, 0.15) is 17.0 Å². The van der Waals surface area contributed by atoms with E-state index in [0.29, 0.717) is 13.1 Å². The lowest BCUT2D eigenvalue weighted by Gasteiger charge is -2.18. The molecule has 5 nitrogen and oxygen atoms in total. The fourth-order valence-corrected chi connectivity index (χ4v) is 1.43. The molecule has 1 aromatic heterocycles. The maximum Gasteiger partial charge on any atom is 0.236 e. The molecule has 90 valence electrons. The van der Waals surface area contributed by atoms with Gasteiger partial charge < -0.3 is 9.42 Å². The summed E-state index contributed by atoms with van der Waals surface area (Å²) in [7, 11) is 5.42. The first-order chi connectivity index (χ1) is 7.41. The Labute approximate surface area is 96.0 Å². The summed E-state index contributed by atoms with van der Waals surface area (Å²) in [5.41, 5.74) is 1.95. The van der Waals surface area contributed by atoms with Crippen molar-refractivity contribution in [2.75, 3.05) is 27.7 Å². The summed E-state index contributed by atoms with van der Waals surface area (Å²) in [5.74, 6) is 0.913. The molecule has 5 heteroatoms. The Kier molecular flexibility index (Phi) is 4.06.